The summed E-state index contributed by atoms with van der Waals surface area (Å²) in [5.41, 5.74) is 1.02. The maximum Gasteiger partial charge on any atom is 0.193 e. The summed E-state index contributed by atoms with van der Waals surface area (Å²) in [5.74, 6) is 6.21. The molecule has 1 aromatic carbocycles. The summed E-state index contributed by atoms with van der Waals surface area (Å²) in [6, 6.07) is 6.54. The Bertz CT molecular complexity index is 607. The van der Waals surface area contributed by atoms with E-state index in [0.717, 1.165) is 18.4 Å². The molecule has 2 nitrogen and oxygen atoms in total. The maximum absolute atomic E-state index is 13.0. The Hall–Kier alpha value is -1.15. The predicted molar refractivity (Wildman–Crippen MR) is 98.8 cm³/mol. The largest absolute Gasteiger partial charge is 0.404 e. The van der Waals surface area contributed by atoms with Crippen LogP contribution in [0.5, 0.6) is 0 Å². The van der Waals surface area contributed by atoms with Gasteiger partial charge in [0.15, 0.2) is 8.32 Å². The molecule has 132 valence electrons. The summed E-state index contributed by atoms with van der Waals surface area (Å²) in [7, 11) is -1.80. The molecule has 0 bridgehead atoms. The molecule has 2 rings (SSSR count). The van der Waals surface area contributed by atoms with Crippen molar-refractivity contribution in [1.82, 2.24) is 0 Å². The third-order valence-electron chi connectivity index (χ3n) is 4.99. The molecule has 1 unspecified atom stereocenters. The van der Waals surface area contributed by atoms with Gasteiger partial charge < -0.3 is 9.16 Å². The minimum Gasteiger partial charge on any atom is -0.404 e. The second kappa shape index (κ2) is 7.39. The molecular weight excluding hydrogens is 319 g/mol. The number of ether oxygens (including phenoxy) is 1. The monoisotopic (exact) mass is 348 g/mol. The Morgan fingerprint density at radius 3 is 2.42 bits per heavy atom. The lowest BCUT2D eigenvalue weighted by Crippen LogP contribution is -2.43. The number of hydrogen-bond donors (Lipinski definition) is 0. The average molecular weight is 349 g/mol. The van der Waals surface area contributed by atoms with Crippen molar-refractivity contribution in [2.45, 2.75) is 77.0 Å². The van der Waals surface area contributed by atoms with Gasteiger partial charge in [0.05, 0.1) is 6.10 Å². The van der Waals surface area contributed by atoms with E-state index in [1.165, 1.54) is 12.1 Å². The summed E-state index contributed by atoms with van der Waals surface area (Å²) in [6.07, 6.45) is 1.69. The van der Waals surface area contributed by atoms with Gasteiger partial charge in [-0.15, -0.1) is 0 Å². The quantitative estimate of drug-likeness (QED) is 0.533. The van der Waals surface area contributed by atoms with Crippen LogP contribution in [0.4, 0.5) is 4.39 Å². The second-order valence-corrected chi connectivity index (χ2v) is 12.8. The SMILES string of the molecule is CC(C#C[C@H]1CC[C@H](c2ccc(F)cc2)O1)O[Si](C)(C)C(C)(C)C. The molecule has 1 aliphatic rings. The van der Waals surface area contributed by atoms with Gasteiger partial charge in [-0.1, -0.05) is 44.7 Å². The fourth-order valence-electron chi connectivity index (χ4n) is 2.52. The maximum atomic E-state index is 13.0. The van der Waals surface area contributed by atoms with E-state index in [1.54, 1.807) is 12.1 Å². The molecule has 1 aromatic rings. The molecule has 0 spiro atoms. The van der Waals surface area contributed by atoms with Gasteiger partial charge in [-0.25, -0.2) is 4.39 Å². The van der Waals surface area contributed by atoms with E-state index in [1.807, 2.05) is 6.92 Å². The predicted octanol–water partition coefficient (Wildman–Crippen LogP) is 5.46. The summed E-state index contributed by atoms with van der Waals surface area (Å²) in [4.78, 5) is 0. The molecule has 0 aromatic heterocycles. The van der Waals surface area contributed by atoms with Gasteiger partial charge in [-0.2, -0.15) is 0 Å². The van der Waals surface area contributed by atoms with Gasteiger partial charge in [0.25, 0.3) is 0 Å². The molecule has 4 heteroatoms. The number of benzene rings is 1. The normalized spacial score (nSPS) is 22.8. The van der Waals surface area contributed by atoms with Crippen LogP contribution in [-0.2, 0) is 9.16 Å². The van der Waals surface area contributed by atoms with E-state index in [-0.39, 0.29) is 29.2 Å². The first-order valence-electron chi connectivity index (χ1n) is 8.68. The zero-order chi connectivity index (χ0) is 18.0. The van der Waals surface area contributed by atoms with Gasteiger partial charge in [-0.05, 0) is 55.6 Å². The Balaban J connectivity index is 1.91. The smallest absolute Gasteiger partial charge is 0.193 e. The zero-order valence-electron chi connectivity index (χ0n) is 15.7. The second-order valence-electron chi connectivity index (χ2n) is 8.05. The molecule has 0 radical (unpaired) electrons. The number of halogens is 1. The zero-order valence-corrected chi connectivity index (χ0v) is 16.7. The van der Waals surface area contributed by atoms with Crippen molar-refractivity contribution in [3.8, 4) is 11.8 Å². The van der Waals surface area contributed by atoms with Crippen molar-refractivity contribution in [3.63, 3.8) is 0 Å². The first-order valence-corrected chi connectivity index (χ1v) is 11.6. The molecule has 1 fully saturated rings. The van der Waals surface area contributed by atoms with Crippen LogP contribution in [0.25, 0.3) is 0 Å². The molecule has 1 aliphatic heterocycles. The van der Waals surface area contributed by atoms with E-state index >= 15 is 0 Å². The summed E-state index contributed by atoms with van der Waals surface area (Å²) >= 11 is 0. The van der Waals surface area contributed by atoms with E-state index in [9.17, 15) is 4.39 Å². The summed E-state index contributed by atoms with van der Waals surface area (Å²) < 4.78 is 25.3. The first kappa shape index (κ1) is 19.2. The van der Waals surface area contributed by atoms with Crippen LogP contribution in [0.1, 0.15) is 52.2 Å². The molecule has 0 aliphatic carbocycles. The molecule has 3 atom stereocenters. The highest BCUT2D eigenvalue weighted by atomic mass is 28.4. The molecule has 1 saturated heterocycles. The molecule has 0 saturated carbocycles. The molecule has 0 amide bonds. The van der Waals surface area contributed by atoms with Crippen LogP contribution < -0.4 is 0 Å². The molecular formula is C20H29FO2Si. The Labute approximate surface area is 146 Å². The van der Waals surface area contributed by atoms with Crippen molar-refractivity contribution in [3.05, 3.63) is 35.6 Å². The Kier molecular flexibility index (Phi) is 5.90. The minimum atomic E-state index is -1.80. The van der Waals surface area contributed by atoms with Crippen molar-refractivity contribution in [2.24, 2.45) is 0 Å². The van der Waals surface area contributed by atoms with Crippen LogP contribution >= 0.6 is 0 Å². The van der Waals surface area contributed by atoms with E-state index < -0.39 is 8.32 Å². The summed E-state index contributed by atoms with van der Waals surface area (Å²) in [6.45, 7) is 13.2. The number of hydrogen-bond acceptors (Lipinski definition) is 2. The van der Waals surface area contributed by atoms with Crippen molar-refractivity contribution < 1.29 is 13.6 Å². The first-order chi connectivity index (χ1) is 11.1. The molecule has 0 N–H and O–H groups in total. The lowest BCUT2D eigenvalue weighted by Gasteiger charge is -2.37. The molecule has 1 heterocycles. The van der Waals surface area contributed by atoms with E-state index in [0.29, 0.717) is 0 Å². The highest BCUT2D eigenvalue weighted by Gasteiger charge is 2.38. The van der Waals surface area contributed by atoms with E-state index in [4.69, 9.17) is 9.16 Å². The van der Waals surface area contributed by atoms with Crippen molar-refractivity contribution >= 4 is 8.32 Å². The van der Waals surface area contributed by atoms with Crippen LogP contribution in [-0.4, -0.2) is 20.5 Å². The third kappa shape index (κ3) is 4.92. The summed E-state index contributed by atoms with van der Waals surface area (Å²) in [5, 5.41) is 0.181. The fraction of sp³-hybridized carbons (Fsp3) is 0.600. The van der Waals surface area contributed by atoms with Gasteiger partial charge in [0.2, 0.25) is 0 Å². The Morgan fingerprint density at radius 2 is 1.83 bits per heavy atom. The van der Waals surface area contributed by atoms with Gasteiger partial charge in [0.1, 0.15) is 18.0 Å². The lowest BCUT2D eigenvalue weighted by molar-refractivity contribution is 0.0758. The van der Waals surface area contributed by atoms with E-state index in [2.05, 4.69) is 45.7 Å². The van der Waals surface area contributed by atoms with Gasteiger partial charge in [-0.3, -0.25) is 0 Å². The van der Waals surface area contributed by atoms with Gasteiger partial charge >= 0.3 is 0 Å². The third-order valence-corrected chi connectivity index (χ3v) is 9.54. The molecule has 24 heavy (non-hydrogen) atoms. The van der Waals surface area contributed by atoms with Crippen LogP contribution in [0.3, 0.4) is 0 Å². The van der Waals surface area contributed by atoms with Crippen LogP contribution in [0.2, 0.25) is 18.1 Å². The van der Waals surface area contributed by atoms with Crippen LogP contribution in [0.15, 0.2) is 24.3 Å². The lowest BCUT2D eigenvalue weighted by atomic mass is 10.1. The van der Waals surface area contributed by atoms with Crippen molar-refractivity contribution in [2.75, 3.05) is 0 Å². The van der Waals surface area contributed by atoms with Crippen LogP contribution in [0, 0.1) is 17.7 Å². The standard InChI is InChI=1S/C20H29FO2Si/c1-15(23-24(5,6)20(2,3)4)7-12-18-13-14-19(22-18)16-8-10-17(21)11-9-16/h8-11,15,18-19H,13-14H2,1-6H3/t15?,18-,19+/m0/s1. The number of rotatable bonds is 3. The topological polar surface area (TPSA) is 18.5 Å². The fourth-order valence-corrected chi connectivity index (χ4v) is 3.82. The minimum absolute atomic E-state index is 0.0153. The average Bonchev–Trinajstić information content (AvgIpc) is 2.93. The Morgan fingerprint density at radius 1 is 1.21 bits per heavy atom. The van der Waals surface area contributed by atoms with Gasteiger partial charge in [0, 0.05) is 0 Å². The highest BCUT2D eigenvalue weighted by Crippen LogP contribution is 2.37. The van der Waals surface area contributed by atoms with Crippen molar-refractivity contribution in [1.29, 1.82) is 0 Å². The highest BCUT2D eigenvalue weighted by molar-refractivity contribution is 6.74.